The van der Waals surface area contributed by atoms with Gasteiger partial charge in [0.25, 0.3) is 0 Å². The lowest BCUT2D eigenvalue weighted by atomic mass is 9.55. The van der Waals surface area contributed by atoms with Gasteiger partial charge < -0.3 is 29.0 Å². The highest BCUT2D eigenvalue weighted by Crippen LogP contribution is 2.51. The van der Waals surface area contributed by atoms with Crippen molar-refractivity contribution in [1.82, 2.24) is 4.90 Å². The van der Waals surface area contributed by atoms with Gasteiger partial charge in [-0.1, -0.05) is 0 Å². The number of ether oxygens (including phenoxy) is 1. The molecule has 3 N–H and O–H groups in total. The molecule has 2 fully saturated rings. The maximum Gasteiger partial charge on any atom is 0.487 e. The van der Waals surface area contributed by atoms with Gasteiger partial charge in [0.2, 0.25) is 11.8 Å². The summed E-state index contributed by atoms with van der Waals surface area (Å²) < 4.78 is 15.7. The van der Waals surface area contributed by atoms with Crippen molar-refractivity contribution in [2.45, 2.75) is 25.6 Å². The highest BCUT2D eigenvalue weighted by atomic mass is 16.5. The Bertz CT molecular complexity index is 894. The zero-order chi connectivity index (χ0) is 20.9. The molecule has 1 aliphatic carbocycles. The molecule has 2 saturated heterocycles. The predicted molar refractivity (Wildman–Crippen MR) is 94.5 cm³/mol. The van der Waals surface area contributed by atoms with Crippen LogP contribution >= 0.6 is 0 Å². The Labute approximate surface area is 165 Å². The molecule has 29 heavy (non-hydrogen) atoms. The number of aliphatic hydroxyl groups is 2. The van der Waals surface area contributed by atoms with Crippen molar-refractivity contribution >= 4 is 25.0 Å². The number of hydrogen-bond acceptors (Lipinski definition) is 9. The van der Waals surface area contributed by atoms with Crippen LogP contribution in [-0.2, 0) is 25.6 Å². The second-order valence-electron chi connectivity index (χ2n) is 7.32. The Morgan fingerprint density at radius 3 is 2.62 bits per heavy atom. The van der Waals surface area contributed by atoms with Crippen LogP contribution in [0.3, 0.4) is 0 Å². The summed E-state index contributed by atoms with van der Waals surface area (Å²) in [6.07, 6.45) is -1.54. The molecule has 1 aromatic rings. The van der Waals surface area contributed by atoms with Gasteiger partial charge in [-0.05, 0) is 41.9 Å². The Hall–Kier alpha value is -2.47. The molecular weight excluding hydrogens is 385 g/mol. The lowest BCUT2D eigenvalue weighted by molar-refractivity contribution is -0.137. The van der Waals surface area contributed by atoms with Crippen LogP contribution in [0.25, 0.3) is 0 Å². The lowest BCUT2D eigenvalue weighted by Crippen LogP contribution is -2.45. The van der Waals surface area contributed by atoms with Crippen LogP contribution < -0.4 is 0 Å². The van der Waals surface area contributed by atoms with E-state index >= 15 is 0 Å². The molecule has 154 valence electrons. The van der Waals surface area contributed by atoms with Crippen LogP contribution in [0, 0.1) is 17.8 Å². The van der Waals surface area contributed by atoms with Crippen molar-refractivity contribution in [3.8, 4) is 0 Å². The van der Waals surface area contributed by atoms with E-state index in [2.05, 4.69) is 4.74 Å². The fourth-order valence-corrected chi connectivity index (χ4v) is 4.66. The third-order valence-corrected chi connectivity index (χ3v) is 5.92. The molecule has 3 heterocycles. The summed E-state index contributed by atoms with van der Waals surface area (Å²) in [7, 11) is -0.322. The first-order valence-electron chi connectivity index (χ1n) is 9.22. The molecular formula is C18H20BNO9. The van der Waals surface area contributed by atoms with Gasteiger partial charge in [0, 0.05) is 0 Å². The first-order valence-corrected chi connectivity index (χ1v) is 9.22. The third-order valence-electron chi connectivity index (χ3n) is 5.92. The van der Waals surface area contributed by atoms with Crippen molar-refractivity contribution in [3.63, 3.8) is 0 Å². The van der Waals surface area contributed by atoms with E-state index in [-0.39, 0.29) is 19.4 Å². The first-order chi connectivity index (χ1) is 13.9. The van der Waals surface area contributed by atoms with Crippen LogP contribution in [0.5, 0.6) is 0 Å². The number of rotatable bonds is 3. The molecule has 0 spiro atoms. The zero-order valence-corrected chi connectivity index (χ0v) is 15.6. The minimum Gasteiger partial charge on any atom is -0.461 e. The number of allylic oxidation sites excluding steroid dienone is 1. The minimum atomic E-state index is -1.40. The number of amides is 3. The monoisotopic (exact) mass is 405 g/mol. The minimum absolute atomic E-state index is 0.0472. The Kier molecular flexibility index (Phi) is 5.07. The van der Waals surface area contributed by atoms with E-state index in [0.717, 1.165) is 7.11 Å². The van der Waals surface area contributed by atoms with Crippen molar-refractivity contribution in [2.75, 3.05) is 13.7 Å². The quantitative estimate of drug-likeness (QED) is 0.464. The number of nitrogens with zero attached hydrogens (tertiary/aromatic N) is 1. The molecule has 10 nitrogen and oxygen atoms in total. The van der Waals surface area contributed by atoms with Crippen molar-refractivity contribution in [2.24, 2.45) is 17.8 Å². The number of fused-ring (bicyclic) bond motifs is 3. The molecule has 11 heteroatoms. The lowest BCUT2D eigenvalue weighted by Gasteiger charge is -2.41. The van der Waals surface area contributed by atoms with E-state index in [0.29, 0.717) is 27.5 Å². The molecule has 4 rings (SSSR count). The number of furan rings is 1. The summed E-state index contributed by atoms with van der Waals surface area (Å²) in [6.45, 7) is -0.709. The van der Waals surface area contributed by atoms with Crippen molar-refractivity contribution in [1.29, 1.82) is 0 Å². The third kappa shape index (κ3) is 3.01. The van der Waals surface area contributed by atoms with Gasteiger partial charge in [-0.3, -0.25) is 9.59 Å². The summed E-state index contributed by atoms with van der Waals surface area (Å²) >= 11 is 0. The molecule has 2 aliphatic heterocycles. The molecule has 3 amide bonds. The highest BCUT2D eigenvalue weighted by molar-refractivity contribution is 6.53. The number of methoxy groups -OCH3 is 1. The number of aliphatic hydroxyl groups excluding tert-OH is 2. The zero-order valence-electron chi connectivity index (χ0n) is 15.6. The van der Waals surface area contributed by atoms with Gasteiger partial charge in [-0.2, -0.15) is 4.90 Å². The molecule has 0 saturated carbocycles. The van der Waals surface area contributed by atoms with Gasteiger partial charge in [-0.25, -0.2) is 4.79 Å². The van der Waals surface area contributed by atoms with Crippen LogP contribution in [0.4, 0.5) is 4.79 Å². The molecule has 3 aliphatic rings. The summed E-state index contributed by atoms with van der Waals surface area (Å²) in [4.78, 5) is 38.1. The van der Waals surface area contributed by atoms with E-state index in [9.17, 15) is 29.6 Å². The van der Waals surface area contributed by atoms with Crippen molar-refractivity contribution < 1.29 is 43.4 Å². The van der Waals surface area contributed by atoms with E-state index in [4.69, 9.17) is 9.07 Å². The molecule has 0 aromatic carbocycles. The average Bonchev–Trinajstić information content (AvgIpc) is 3.30. The predicted octanol–water partition coefficient (Wildman–Crippen LogP) is -0.0706. The van der Waals surface area contributed by atoms with E-state index < -0.39 is 55.5 Å². The standard InChI is InChI=1S/C18H20BNO9/c1-27-18(25)20-16(23)11-4-8(6-21)15-10(14(11)17(20)24)5-13(29-19(15)26)12-3-2-9(7-22)28-12/h2-3,10-11,13-14,21-22,26H,4-7H2,1H3/t10-,11-,13-,14+/m0/s1. The largest absolute Gasteiger partial charge is 0.487 e. The second kappa shape index (κ2) is 7.41. The topological polar surface area (TPSA) is 147 Å². The smallest absolute Gasteiger partial charge is 0.461 e. The Morgan fingerprint density at radius 1 is 1.24 bits per heavy atom. The maximum atomic E-state index is 12.9. The van der Waals surface area contributed by atoms with E-state index in [1.54, 1.807) is 12.1 Å². The van der Waals surface area contributed by atoms with E-state index in [1.165, 1.54) is 0 Å². The van der Waals surface area contributed by atoms with Crippen LogP contribution in [0.15, 0.2) is 27.6 Å². The van der Waals surface area contributed by atoms with Crippen molar-refractivity contribution in [3.05, 3.63) is 34.7 Å². The van der Waals surface area contributed by atoms with Gasteiger partial charge in [0.15, 0.2) is 0 Å². The fourth-order valence-electron chi connectivity index (χ4n) is 4.66. The number of imide groups is 3. The summed E-state index contributed by atoms with van der Waals surface area (Å²) in [5, 5.41) is 29.6. The Balaban J connectivity index is 1.72. The van der Waals surface area contributed by atoms with Gasteiger partial charge in [0.05, 0.1) is 25.6 Å². The summed E-state index contributed by atoms with van der Waals surface area (Å²) in [6, 6.07) is 3.18. The summed E-state index contributed by atoms with van der Waals surface area (Å²) in [5.41, 5.74) is 0.789. The summed E-state index contributed by atoms with van der Waals surface area (Å²) in [5.74, 6) is -3.00. The molecule has 0 bridgehead atoms. The SMILES string of the molecule is COC(=O)N1C(=O)[C@H]2[C@H](CC(CO)=C3B(O)O[C@H](c4ccc(CO)o4)C[C@H]32)C1=O. The fraction of sp³-hybridized carbons (Fsp3) is 0.500. The molecule has 0 unspecified atom stereocenters. The normalized spacial score (nSPS) is 29.2. The van der Waals surface area contributed by atoms with E-state index in [1.807, 2.05) is 0 Å². The van der Waals surface area contributed by atoms with Crippen LogP contribution in [0.2, 0.25) is 0 Å². The molecule has 0 radical (unpaired) electrons. The maximum absolute atomic E-state index is 12.9. The molecule has 4 atom stereocenters. The van der Waals surface area contributed by atoms with Crippen LogP contribution in [0.1, 0.15) is 30.5 Å². The second-order valence-corrected chi connectivity index (χ2v) is 7.32. The van der Waals surface area contributed by atoms with Crippen LogP contribution in [-0.4, -0.2) is 58.9 Å². The van der Waals surface area contributed by atoms with Gasteiger partial charge in [-0.15, -0.1) is 0 Å². The first kappa shape index (κ1) is 19.8. The number of carbonyl (C=O) groups is 3. The average molecular weight is 405 g/mol. The van der Waals surface area contributed by atoms with Gasteiger partial charge >= 0.3 is 13.2 Å². The number of hydrogen-bond donors (Lipinski definition) is 3. The number of carbonyl (C=O) groups excluding carboxylic acids is 3. The molecule has 1 aromatic heterocycles. The highest BCUT2D eigenvalue weighted by Gasteiger charge is 2.59. The number of likely N-dealkylation sites (tertiary alicyclic amines) is 1. The Morgan fingerprint density at radius 2 is 2.00 bits per heavy atom. The van der Waals surface area contributed by atoms with Gasteiger partial charge in [0.1, 0.15) is 24.2 Å².